The molecule has 2 aliphatic heterocycles. The predicted molar refractivity (Wildman–Crippen MR) is 97.1 cm³/mol. The Morgan fingerprint density at radius 3 is 2.48 bits per heavy atom. The second-order valence-corrected chi connectivity index (χ2v) is 7.78. The van der Waals surface area contributed by atoms with Gasteiger partial charge >= 0.3 is 0 Å². The number of amides is 1. The van der Waals surface area contributed by atoms with Crippen molar-refractivity contribution in [2.24, 2.45) is 0 Å². The van der Waals surface area contributed by atoms with Gasteiger partial charge < -0.3 is 14.4 Å². The second kappa shape index (κ2) is 6.68. The van der Waals surface area contributed by atoms with Gasteiger partial charge in [-0.25, -0.2) is 4.98 Å². The van der Waals surface area contributed by atoms with Gasteiger partial charge in [-0.1, -0.05) is 23.7 Å². The van der Waals surface area contributed by atoms with E-state index in [0.29, 0.717) is 36.2 Å². The van der Waals surface area contributed by atoms with Gasteiger partial charge in [0.1, 0.15) is 9.88 Å². The highest BCUT2D eigenvalue weighted by atomic mass is 35.5. The molecular formula is C18H19ClN2O3S. The first-order chi connectivity index (χ1) is 12.1. The molecule has 0 N–H and O–H groups in total. The Hall–Kier alpha value is -1.47. The van der Waals surface area contributed by atoms with Gasteiger partial charge in [0.15, 0.2) is 5.79 Å². The molecule has 0 radical (unpaired) electrons. The van der Waals surface area contributed by atoms with Crippen LogP contribution in [0.5, 0.6) is 0 Å². The normalized spacial score (nSPS) is 19.5. The summed E-state index contributed by atoms with van der Waals surface area (Å²) in [5.41, 5.74) is 1.75. The lowest BCUT2D eigenvalue weighted by Crippen LogP contribution is -2.47. The highest BCUT2D eigenvalue weighted by Gasteiger charge is 2.41. The molecule has 7 heteroatoms. The maximum absolute atomic E-state index is 12.9. The molecule has 0 aliphatic carbocycles. The number of carbonyl (C=O) groups excluding carboxylic acids is 1. The fourth-order valence-corrected chi connectivity index (χ4v) is 4.46. The van der Waals surface area contributed by atoms with Crippen LogP contribution in [0.25, 0.3) is 10.6 Å². The summed E-state index contributed by atoms with van der Waals surface area (Å²) in [6, 6.07) is 7.52. The molecular weight excluding hydrogens is 360 g/mol. The van der Waals surface area contributed by atoms with Crippen LogP contribution in [-0.2, 0) is 9.47 Å². The van der Waals surface area contributed by atoms with Gasteiger partial charge in [-0.3, -0.25) is 4.79 Å². The van der Waals surface area contributed by atoms with E-state index in [0.717, 1.165) is 29.1 Å². The number of rotatable bonds is 2. The number of piperidine rings is 1. The molecule has 2 saturated heterocycles. The van der Waals surface area contributed by atoms with Crippen LogP contribution >= 0.6 is 22.9 Å². The van der Waals surface area contributed by atoms with E-state index in [9.17, 15) is 4.79 Å². The van der Waals surface area contributed by atoms with E-state index in [1.807, 2.05) is 36.1 Å². The summed E-state index contributed by atoms with van der Waals surface area (Å²) in [5.74, 6) is -0.420. The van der Waals surface area contributed by atoms with Crippen molar-refractivity contribution < 1.29 is 14.3 Å². The fourth-order valence-electron chi connectivity index (χ4n) is 3.29. The van der Waals surface area contributed by atoms with Crippen molar-refractivity contribution in [3.63, 3.8) is 0 Å². The summed E-state index contributed by atoms with van der Waals surface area (Å²) < 4.78 is 11.5. The van der Waals surface area contributed by atoms with Gasteiger partial charge in [-0.15, -0.1) is 11.3 Å². The Kier molecular flexibility index (Phi) is 4.54. The summed E-state index contributed by atoms with van der Waals surface area (Å²) in [6.45, 7) is 4.47. The molecule has 1 aromatic heterocycles. The van der Waals surface area contributed by atoms with E-state index in [1.165, 1.54) is 11.3 Å². The monoisotopic (exact) mass is 378 g/mol. The third-order valence-electron chi connectivity index (χ3n) is 4.71. The molecule has 2 aliphatic rings. The lowest BCUT2D eigenvalue weighted by Gasteiger charge is -2.37. The van der Waals surface area contributed by atoms with Crippen molar-refractivity contribution in [1.82, 2.24) is 9.88 Å². The number of nitrogens with zero attached hydrogens (tertiary/aromatic N) is 2. The SMILES string of the molecule is Cc1nc(-c2ccc(Cl)cc2)sc1C(=O)N1CCC2(CC1)OCCO2. The first kappa shape index (κ1) is 17.0. The highest BCUT2D eigenvalue weighted by molar-refractivity contribution is 7.17. The summed E-state index contributed by atoms with van der Waals surface area (Å²) in [4.78, 5) is 20.1. The van der Waals surface area contributed by atoms with E-state index < -0.39 is 5.79 Å². The third kappa shape index (κ3) is 3.31. The molecule has 132 valence electrons. The van der Waals surface area contributed by atoms with Crippen LogP contribution in [-0.4, -0.2) is 47.9 Å². The number of aromatic nitrogens is 1. The van der Waals surface area contributed by atoms with Crippen LogP contribution in [0, 0.1) is 6.92 Å². The number of likely N-dealkylation sites (tertiary alicyclic amines) is 1. The van der Waals surface area contributed by atoms with Gasteiger partial charge in [0, 0.05) is 36.5 Å². The minimum Gasteiger partial charge on any atom is -0.347 e. The Morgan fingerprint density at radius 1 is 1.20 bits per heavy atom. The van der Waals surface area contributed by atoms with Crippen LogP contribution in [0.2, 0.25) is 5.02 Å². The molecule has 3 heterocycles. The van der Waals surface area contributed by atoms with E-state index in [2.05, 4.69) is 4.98 Å². The Bertz CT molecular complexity index is 774. The first-order valence-corrected chi connectivity index (χ1v) is 9.56. The number of hydrogen-bond donors (Lipinski definition) is 0. The number of thiazole rings is 1. The zero-order chi connectivity index (χ0) is 17.4. The molecule has 2 aromatic rings. The van der Waals surface area contributed by atoms with Crippen molar-refractivity contribution >= 4 is 28.8 Å². The lowest BCUT2D eigenvalue weighted by molar-refractivity contribution is -0.181. The summed E-state index contributed by atoms with van der Waals surface area (Å²) >= 11 is 7.38. The number of carbonyl (C=O) groups is 1. The van der Waals surface area contributed by atoms with Crippen LogP contribution in [0.4, 0.5) is 0 Å². The zero-order valence-corrected chi connectivity index (χ0v) is 15.5. The molecule has 0 saturated carbocycles. The summed E-state index contributed by atoms with van der Waals surface area (Å²) in [5, 5.41) is 1.53. The smallest absolute Gasteiger partial charge is 0.265 e. The van der Waals surface area contributed by atoms with Crippen LogP contribution in [0.3, 0.4) is 0 Å². The number of ether oxygens (including phenoxy) is 2. The molecule has 2 fully saturated rings. The van der Waals surface area contributed by atoms with Gasteiger partial charge in [-0.2, -0.15) is 0 Å². The Balaban J connectivity index is 1.50. The van der Waals surface area contributed by atoms with Crippen LogP contribution in [0.1, 0.15) is 28.2 Å². The zero-order valence-electron chi connectivity index (χ0n) is 14.0. The van der Waals surface area contributed by atoms with Crippen LogP contribution in [0.15, 0.2) is 24.3 Å². The quantitative estimate of drug-likeness (QED) is 0.798. The van der Waals surface area contributed by atoms with E-state index in [-0.39, 0.29) is 5.91 Å². The molecule has 25 heavy (non-hydrogen) atoms. The molecule has 0 atom stereocenters. The maximum Gasteiger partial charge on any atom is 0.265 e. The fraction of sp³-hybridized carbons (Fsp3) is 0.444. The van der Waals surface area contributed by atoms with Crippen LogP contribution < -0.4 is 0 Å². The molecule has 4 rings (SSSR count). The topological polar surface area (TPSA) is 51.7 Å². The molecule has 1 aromatic carbocycles. The van der Waals surface area contributed by atoms with Crippen molar-refractivity contribution in [3.8, 4) is 10.6 Å². The number of aryl methyl sites for hydroxylation is 1. The van der Waals surface area contributed by atoms with Gasteiger partial charge in [0.2, 0.25) is 0 Å². The third-order valence-corrected chi connectivity index (χ3v) is 6.15. The van der Waals surface area contributed by atoms with Crippen molar-refractivity contribution in [1.29, 1.82) is 0 Å². The van der Waals surface area contributed by atoms with Crippen molar-refractivity contribution in [2.75, 3.05) is 26.3 Å². The Morgan fingerprint density at radius 2 is 1.84 bits per heavy atom. The number of benzene rings is 1. The second-order valence-electron chi connectivity index (χ2n) is 6.34. The Labute approximate surface area is 155 Å². The highest BCUT2D eigenvalue weighted by Crippen LogP contribution is 2.34. The summed E-state index contributed by atoms with van der Waals surface area (Å²) in [6.07, 6.45) is 1.45. The molecule has 5 nitrogen and oxygen atoms in total. The average molecular weight is 379 g/mol. The predicted octanol–water partition coefficient (Wildman–Crippen LogP) is 3.75. The largest absolute Gasteiger partial charge is 0.347 e. The van der Waals surface area contributed by atoms with Gasteiger partial charge in [0.25, 0.3) is 5.91 Å². The van der Waals surface area contributed by atoms with Crippen molar-refractivity contribution in [3.05, 3.63) is 39.9 Å². The average Bonchev–Trinajstić information content (AvgIpc) is 3.23. The summed E-state index contributed by atoms with van der Waals surface area (Å²) in [7, 11) is 0. The molecule has 1 amide bonds. The minimum atomic E-state index is -0.464. The van der Waals surface area contributed by atoms with E-state index >= 15 is 0 Å². The van der Waals surface area contributed by atoms with Crippen molar-refractivity contribution in [2.45, 2.75) is 25.6 Å². The lowest BCUT2D eigenvalue weighted by atomic mass is 10.0. The maximum atomic E-state index is 12.9. The molecule has 1 spiro atoms. The van der Waals surface area contributed by atoms with Gasteiger partial charge in [0.05, 0.1) is 18.9 Å². The van der Waals surface area contributed by atoms with E-state index in [1.54, 1.807) is 0 Å². The molecule has 0 unspecified atom stereocenters. The molecule has 0 bridgehead atoms. The minimum absolute atomic E-state index is 0.0445. The van der Waals surface area contributed by atoms with E-state index in [4.69, 9.17) is 21.1 Å². The number of halogens is 1. The standard InChI is InChI=1S/C18H19ClN2O3S/c1-12-15(25-16(20-12)13-2-4-14(19)5-3-13)17(22)21-8-6-18(7-9-21)23-10-11-24-18/h2-5H,6-11H2,1H3. The first-order valence-electron chi connectivity index (χ1n) is 8.37. The number of hydrogen-bond acceptors (Lipinski definition) is 5. The van der Waals surface area contributed by atoms with Gasteiger partial charge in [-0.05, 0) is 19.1 Å².